The first-order valence-corrected chi connectivity index (χ1v) is 10.2. The van der Waals surface area contributed by atoms with Gasteiger partial charge in [0, 0.05) is 26.3 Å². The molecule has 0 aliphatic rings. The molecular weight excluding hydrogens is 465 g/mol. The molecule has 0 fully saturated rings. The van der Waals surface area contributed by atoms with Crippen LogP contribution >= 0.6 is 51.7 Å². The molecule has 1 aromatic heterocycles. The van der Waals surface area contributed by atoms with Crippen LogP contribution in [0.1, 0.15) is 22.1 Å². The third-order valence-electron chi connectivity index (χ3n) is 3.88. The molecule has 1 heterocycles. The molecule has 140 valence electrons. The monoisotopic (exact) mass is 481 g/mol. The highest BCUT2D eigenvalue weighted by Gasteiger charge is 2.22. The number of carbonyl (C=O) groups is 1. The molecule has 0 saturated carbocycles. The molecule has 27 heavy (non-hydrogen) atoms. The molecule has 2 aromatic carbocycles. The van der Waals surface area contributed by atoms with Crippen LogP contribution in [0.5, 0.6) is 0 Å². The number of halogens is 3. The maximum absolute atomic E-state index is 13.0. The van der Waals surface area contributed by atoms with Crippen LogP contribution in [0.2, 0.25) is 5.02 Å². The third-order valence-corrected chi connectivity index (χ3v) is 5.92. The topological polar surface area (TPSA) is 30.0 Å². The predicted molar refractivity (Wildman–Crippen MR) is 119 cm³/mol. The van der Waals surface area contributed by atoms with Crippen molar-refractivity contribution in [2.45, 2.75) is 23.5 Å². The number of nitrogens with zero attached hydrogens (tertiary/aromatic N) is 1. The van der Waals surface area contributed by atoms with E-state index in [2.05, 4.69) is 40.0 Å². The van der Waals surface area contributed by atoms with Gasteiger partial charge in [-0.3, -0.25) is 9.78 Å². The number of Topliss-reactive ketones (excluding diaryl/α,β-unsaturated/α-hetero) is 1. The van der Waals surface area contributed by atoms with Gasteiger partial charge < -0.3 is 0 Å². The van der Waals surface area contributed by atoms with Gasteiger partial charge in [-0.05, 0) is 64.8 Å². The van der Waals surface area contributed by atoms with Gasteiger partial charge in [0.25, 0.3) is 0 Å². The van der Waals surface area contributed by atoms with Crippen molar-refractivity contribution >= 4 is 57.5 Å². The van der Waals surface area contributed by atoms with Crippen LogP contribution in [0.25, 0.3) is 0 Å². The molecule has 0 bridgehead atoms. The lowest BCUT2D eigenvalue weighted by molar-refractivity contribution is -0.118. The molecular formula is C21H18BrCl2NOS. The van der Waals surface area contributed by atoms with Crippen molar-refractivity contribution in [1.82, 2.24) is 4.98 Å². The first-order valence-electron chi connectivity index (χ1n) is 8.13. The van der Waals surface area contributed by atoms with Gasteiger partial charge in [-0.2, -0.15) is 0 Å². The fourth-order valence-electron chi connectivity index (χ4n) is 2.49. The first kappa shape index (κ1) is 22.0. The smallest absolute Gasteiger partial charge is 0.156 e. The molecule has 0 amide bonds. The third kappa shape index (κ3) is 6.35. The predicted octanol–water partition coefficient (Wildman–Crippen LogP) is 6.87. The zero-order valence-corrected chi connectivity index (χ0v) is 18.5. The number of hydrogen-bond acceptors (Lipinski definition) is 3. The van der Waals surface area contributed by atoms with Crippen molar-refractivity contribution < 1.29 is 4.79 Å². The fraction of sp³-hybridized carbons (Fsp3) is 0.143. The molecule has 2 nitrogen and oxygen atoms in total. The summed E-state index contributed by atoms with van der Waals surface area (Å²) in [6.07, 6.45) is 2.01. The minimum absolute atomic E-state index is 0. The quantitative estimate of drug-likeness (QED) is 0.359. The summed E-state index contributed by atoms with van der Waals surface area (Å²) < 4.78 is 0.900. The van der Waals surface area contributed by atoms with E-state index in [9.17, 15) is 4.79 Å². The van der Waals surface area contributed by atoms with Gasteiger partial charge in [0.1, 0.15) is 0 Å². The maximum atomic E-state index is 13.0. The lowest BCUT2D eigenvalue weighted by Gasteiger charge is -2.16. The van der Waals surface area contributed by atoms with Crippen molar-refractivity contribution in [1.29, 1.82) is 0 Å². The molecule has 0 N–H and O–H groups in total. The Morgan fingerprint density at radius 3 is 2.33 bits per heavy atom. The summed E-state index contributed by atoms with van der Waals surface area (Å²) in [6, 6.07) is 19.5. The second-order valence-corrected chi connectivity index (χ2v) is 8.50. The van der Waals surface area contributed by atoms with Gasteiger partial charge in [0.15, 0.2) is 5.78 Å². The van der Waals surface area contributed by atoms with Crippen molar-refractivity contribution in [2.24, 2.45) is 0 Å². The number of hydrogen-bond donors (Lipinski definition) is 0. The normalized spacial score (nSPS) is 11.5. The molecule has 1 unspecified atom stereocenters. The van der Waals surface area contributed by atoms with Crippen molar-refractivity contribution in [3.8, 4) is 0 Å². The van der Waals surface area contributed by atoms with Gasteiger partial charge in [-0.15, -0.1) is 24.2 Å². The Balaban J connectivity index is 0.00000261. The van der Waals surface area contributed by atoms with Crippen LogP contribution in [0.4, 0.5) is 0 Å². The second-order valence-electron chi connectivity index (χ2n) is 5.97. The number of benzene rings is 2. The van der Waals surface area contributed by atoms with E-state index in [1.165, 1.54) is 5.56 Å². The summed E-state index contributed by atoms with van der Waals surface area (Å²) in [5.74, 6) is 0.118. The van der Waals surface area contributed by atoms with Crippen LogP contribution < -0.4 is 0 Å². The second kappa shape index (κ2) is 10.3. The molecule has 0 aliphatic carbocycles. The van der Waals surface area contributed by atoms with Crippen molar-refractivity contribution in [3.05, 3.63) is 93.2 Å². The number of thioether (sulfide) groups is 1. The molecule has 0 radical (unpaired) electrons. The molecule has 0 spiro atoms. The average Bonchev–Trinajstić information content (AvgIpc) is 2.64. The van der Waals surface area contributed by atoms with Crippen LogP contribution in [-0.4, -0.2) is 10.8 Å². The van der Waals surface area contributed by atoms with E-state index >= 15 is 0 Å². The van der Waals surface area contributed by atoms with E-state index in [1.54, 1.807) is 18.0 Å². The minimum atomic E-state index is -0.305. The van der Waals surface area contributed by atoms with Crippen LogP contribution in [0.3, 0.4) is 0 Å². The molecule has 0 saturated heterocycles. The van der Waals surface area contributed by atoms with Crippen LogP contribution in [0, 0.1) is 6.92 Å². The Labute approximate surface area is 183 Å². The molecule has 1 atom stereocenters. The summed E-state index contributed by atoms with van der Waals surface area (Å²) in [4.78, 5) is 18.4. The van der Waals surface area contributed by atoms with Gasteiger partial charge in [-0.25, -0.2) is 0 Å². The highest BCUT2D eigenvalue weighted by atomic mass is 79.9. The highest BCUT2D eigenvalue weighted by Crippen LogP contribution is 2.37. The summed E-state index contributed by atoms with van der Waals surface area (Å²) in [5.41, 5.74) is 2.91. The molecule has 3 rings (SSSR count). The Kier molecular flexibility index (Phi) is 8.36. The Bertz CT molecular complexity index is 884. The van der Waals surface area contributed by atoms with Crippen LogP contribution in [0.15, 0.2) is 76.2 Å². The number of carbonyl (C=O) groups excluding carboxylic acids is 1. The fourth-order valence-corrected chi connectivity index (χ4v) is 3.93. The minimum Gasteiger partial charge on any atom is -0.298 e. The Hall–Kier alpha value is -1.33. The first-order chi connectivity index (χ1) is 12.5. The summed E-state index contributed by atoms with van der Waals surface area (Å²) in [5, 5.41) is 0.357. The van der Waals surface area contributed by atoms with Crippen molar-refractivity contribution in [3.63, 3.8) is 0 Å². The van der Waals surface area contributed by atoms with E-state index in [1.807, 2.05) is 48.5 Å². The maximum Gasteiger partial charge on any atom is 0.156 e. The summed E-state index contributed by atoms with van der Waals surface area (Å²) in [7, 11) is 0. The lowest BCUT2D eigenvalue weighted by atomic mass is 10.0. The van der Waals surface area contributed by atoms with Crippen molar-refractivity contribution in [2.75, 3.05) is 0 Å². The summed E-state index contributed by atoms with van der Waals surface area (Å²) in [6.45, 7) is 2.05. The van der Waals surface area contributed by atoms with Gasteiger partial charge >= 0.3 is 0 Å². The number of aromatic nitrogens is 1. The molecule has 3 aromatic rings. The number of rotatable bonds is 6. The van der Waals surface area contributed by atoms with E-state index in [-0.39, 0.29) is 23.4 Å². The standard InChI is InChI=1S/C21H17BrClNOS.ClH/c1-14-2-10-19(11-3-14)26-21(15-4-7-17(23)8-5-15)20(25)12-18-9-6-16(22)13-24-18;/h2-11,13,21H,12H2,1H3;1H. The molecule has 6 heteroatoms. The van der Waals surface area contributed by atoms with Gasteiger partial charge in [-0.1, -0.05) is 41.4 Å². The van der Waals surface area contributed by atoms with E-state index < -0.39 is 0 Å². The average molecular weight is 483 g/mol. The summed E-state index contributed by atoms with van der Waals surface area (Å²) >= 11 is 10.9. The Morgan fingerprint density at radius 2 is 1.74 bits per heavy atom. The number of ketones is 1. The highest BCUT2D eigenvalue weighted by molar-refractivity contribution is 9.10. The van der Waals surface area contributed by atoms with Crippen LogP contribution in [-0.2, 0) is 11.2 Å². The molecule has 0 aliphatic heterocycles. The number of pyridine rings is 1. The number of aryl methyl sites for hydroxylation is 1. The van der Waals surface area contributed by atoms with Gasteiger partial charge in [0.2, 0.25) is 0 Å². The zero-order chi connectivity index (χ0) is 18.5. The van der Waals surface area contributed by atoms with E-state index in [0.29, 0.717) is 11.4 Å². The lowest BCUT2D eigenvalue weighted by Crippen LogP contribution is -2.13. The largest absolute Gasteiger partial charge is 0.298 e. The van der Waals surface area contributed by atoms with E-state index in [4.69, 9.17) is 11.6 Å². The van der Waals surface area contributed by atoms with Gasteiger partial charge in [0.05, 0.1) is 11.7 Å². The van der Waals surface area contributed by atoms with E-state index in [0.717, 1.165) is 20.6 Å². The Morgan fingerprint density at radius 1 is 1.07 bits per heavy atom. The SMILES string of the molecule is Cc1ccc(SC(C(=O)Cc2ccc(Br)cn2)c2ccc(Cl)cc2)cc1.Cl. The zero-order valence-electron chi connectivity index (χ0n) is 14.6.